The first kappa shape index (κ1) is 14.2. The fraction of sp³-hybridized carbons (Fsp3) is 1.00. The van der Waals surface area contributed by atoms with Crippen molar-refractivity contribution in [3.05, 3.63) is 5.21 Å². The zero-order valence-electron chi connectivity index (χ0n) is 7.48. The van der Waals surface area contributed by atoms with Gasteiger partial charge in [-0.1, -0.05) is 0 Å². The molecule has 0 aliphatic rings. The minimum Gasteiger partial charge on any atom is -0.632 e. The minimum absolute atomic E-state index is 0.309. The van der Waals surface area contributed by atoms with Crippen LogP contribution in [0.2, 0.25) is 0 Å². The van der Waals surface area contributed by atoms with E-state index in [0.29, 0.717) is 0 Å². The fourth-order valence-corrected chi connectivity index (χ4v) is 3.02. The molecule has 0 amide bonds. The van der Waals surface area contributed by atoms with E-state index in [9.17, 15) is 14.3 Å². The summed E-state index contributed by atoms with van der Waals surface area (Å²) in [4.78, 5) is 34.1. The molecule has 86 valence electrons. The Labute approximate surface area is 80.7 Å². The third-order valence-electron chi connectivity index (χ3n) is 1.46. The molecule has 0 radical (unpaired) electrons. The maximum atomic E-state index is 11.5. The van der Waals surface area contributed by atoms with Crippen molar-refractivity contribution < 1.29 is 33.4 Å². The Balaban J connectivity index is 4.66. The van der Waals surface area contributed by atoms with E-state index in [1.54, 1.807) is 0 Å². The molecule has 0 saturated carbocycles. The van der Waals surface area contributed by atoms with Crippen LogP contribution in [0.4, 0.5) is 0 Å². The first-order valence-electron chi connectivity index (χ1n) is 3.64. The highest BCUT2D eigenvalue weighted by atomic mass is 31.2. The van der Waals surface area contributed by atoms with Gasteiger partial charge in [0.05, 0.1) is 6.54 Å². The van der Waals surface area contributed by atoms with Gasteiger partial charge in [-0.05, 0) is 6.92 Å². The van der Waals surface area contributed by atoms with Gasteiger partial charge < -0.3 is 29.4 Å². The van der Waals surface area contributed by atoms with Gasteiger partial charge >= 0.3 is 15.2 Å². The Morgan fingerprint density at radius 1 is 1.07 bits per heavy atom. The zero-order valence-corrected chi connectivity index (χ0v) is 9.27. The lowest BCUT2D eigenvalue weighted by Gasteiger charge is -2.41. The third-order valence-corrected chi connectivity index (χ3v) is 3.23. The second-order valence-corrected chi connectivity index (χ2v) is 6.21. The Morgan fingerprint density at radius 2 is 1.36 bits per heavy atom. The highest BCUT2D eigenvalue weighted by Crippen LogP contribution is 2.44. The summed E-state index contributed by atoms with van der Waals surface area (Å²) in [5.41, 5.74) is 0. The number of hydrogen-bond donors (Lipinski definition) is 4. The summed E-state index contributed by atoms with van der Waals surface area (Å²) in [5.74, 6) is 0. The molecule has 0 rings (SSSR count). The van der Waals surface area contributed by atoms with E-state index in [-0.39, 0.29) is 6.54 Å². The van der Waals surface area contributed by atoms with Gasteiger partial charge in [0.25, 0.3) is 0 Å². The number of quaternary nitrogens is 1. The van der Waals surface area contributed by atoms with Crippen LogP contribution in [0.1, 0.15) is 6.92 Å². The molecule has 0 aliphatic heterocycles. The molecular weight excluding hydrogens is 236 g/mol. The molecule has 0 saturated heterocycles. The van der Waals surface area contributed by atoms with Crippen LogP contribution in [0.3, 0.4) is 0 Å². The van der Waals surface area contributed by atoms with Gasteiger partial charge in [-0.25, -0.2) is 0 Å². The third kappa shape index (κ3) is 6.64. The number of hydroxylamine groups is 3. The second kappa shape index (κ2) is 4.38. The van der Waals surface area contributed by atoms with E-state index >= 15 is 0 Å². The maximum absolute atomic E-state index is 11.5. The van der Waals surface area contributed by atoms with Gasteiger partial charge in [-0.2, -0.15) is 0 Å². The monoisotopic (exact) mass is 249 g/mol. The second-order valence-electron chi connectivity index (χ2n) is 2.99. The van der Waals surface area contributed by atoms with Crippen molar-refractivity contribution in [3.63, 3.8) is 0 Å². The summed E-state index contributed by atoms with van der Waals surface area (Å²) in [7, 11) is -9.15. The smallest absolute Gasteiger partial charge is 0.379 e. The molecule has 0 spiro atoms. The van der Waals surface area contributed by atoms with E-state index in [1.807, 2.05) is 0 Å². The average molecular weight is 249 g/mol. The highest BCUT2D eigenvalue weighted by molar-refractivity contribution is 7.52. The lowest BCUT2D eigenvalue weighted by Crippen LogP contribution is -2.43. The van der Waals surface area contributed by atoms with Crippen LogP contribution >= 0.6 is 15.2 Å². The summed E-state index contributed by atoms with van der Waals surface area (Å²) >= 11 is 0. The lowest BCUT2D eigenvalue weighted by molar-refractivity contribution is -0.857. The molecule has 0 unspecified atom stereocenters. The zero-order chi connectivity index (χ0) is 11.6. The van der Waals surface area contributed by atoms with Crippen LogP contribution in [-0.2, 0) is 9.13 Å². The molecule has 0 aliphatic carbocycles. The number of hydrogen-bond acceptors (Lipinski definition) is 3. The SMILES string of the molecule is CC[N+]([O-])(CP(=O)(O)O)CP(=O)(O)O. The van der Waals surface area contributed by atoms with Crippen LogP contribution < -0.4 is 0 Å². The molecule has 0 heterocycles. The van der Waals surface area contributed by atoms with Gasteiger partial charge in [-0.3, -0.25) is 9.13 Å². The summed E-state index contributed by atoms with van der Waals surface area (Å²) in [5, 5.41) is 11.5. The van der Waals surface area contributed by atoms with E-state index in [4.69, 9.17) is 19.6 Å². The molecule has 4 N–H and O–H groups in total. The van der Waals surface area contributed by atoms with Gasteiger partial charge in [0.1, 0.15) is 0 Å². The maximum Gasteiger partial charge on any atom is 0.379 e. The molecular formula is C4H13NO7P2. The van der Waals surface area contributed by atoms with Crippen molar-refractivity contribution in [1.29, 1.82) is 0 Å². The topological polar surface area (TPSA) is 138 Å². The fourth-order valence-electron chi connectivity index (χ4n) is 0.916. The van der Waals surface area contributed by atoms with E-state index in [2.05, 4.69) is 0 Å². The Bertz CT molecular complexity index is 255. The first-order valence-corrected chi connectivity index (χ1v) is 7.23. The first-order chi connectivity index (χ1) is 5.97. The average Bonchev–Trinajstić information content (AvgIpc) is 1.78. The van der Waals surface area contributed by atoms with Gasteiger partial charge in [-0.15, -0.1) is 0 Å². The number of nitrogens with zero attached hydrogens (tertiary/aromatic N) is 1. The van der Waals surface area contributed by atoms with Crippen molar-refractivity contribution in [2.45, 2.75) is 6.92 Å². The summed E-state index contributed by atoms with van der Waals surface area (Å²) in [6.45, 7) is 0.995. The van der Waals surface area contributed by atoms with Crippen molar-refractivity contribution in [3.8, 4) is 0 Å². The quantitative estimate of drug-likeness (QED) is 0.295. The molecule has 14 heavy (non-hydrogen) atoms. The highest BCUT2D eigenvalue weighted by Gasteiger charge is 2.33. The summed E-state index contributed by atoms with van der Waals surface area (Å²) in [6.07, 6.45) is -2.23. The Hall–Kier alpha value is 0.220. The molecule has 0 bridgehead atoms. The van der Waals surface area contributed by atoms with Gasteiger partial charge in [0, 0.05) is 0 Å². The van der Waals surface area contributed by atoms with Crippen LogP contribution in [0.25, 0.3) is 0 Å². The Morgan fingerprint density at radius 3 is 1.50 bits per heavy atom. The number of rotatable bonds is 5. The minimum atomic E-state index is -4.57. The van der Waals surface area contributed by atoms with Gasteiger partial charge in [0.2, 0.25) is 0 Å². The van der Waals surface area contributed by atoms with Gasteiger partial charge in [0.15, 0.2) is 12.6 Å². The van der Waals surface area contributed by atoms with Crippen molar-refractivity contribution in [1.82, 2.24) is 0 Å². The molecule has 0 aromatic heterocycles. The molecule has 0 aromatic carbocycles. The summed E-state index contributed by atoms with van der Waals surface area (Å²) in [6, 6.07) is 0. The van der Waals surface area contributed by atoms with E-state index in [1.165, 1.54) is 6.92 Å². The van der Waals surface area contributed by atoms with Crippen LogP contribution in [-0.4, -0.2) is 43.3 Å². The van der Waals surface area contributed by atoms with Crippen LogP contribution in [0.15, 0.2) is 0 Å². The molecule has 0 atom stereocenters. The lowest BCUT2D eigenvalue weighted by atomic mass is 10.7. The van der Waals surface area contributed by atoms with Crippen LogP contribution in [0, 0.1) is 5.21 Å². The molecule has 10 heteroatoms. The predicted octanol–water partition coefficient (Wildman–Crippen LogP) is -0.409. The standard InChI is InChI=1S/C4H13NO7P2/c1-2-5(6,3-13(7,8)9)4-14(10,11)12/h2-4H2,1H3,(H2,7,8,9)(H2,10,11,12). The molecule has 0 fully saturated rings. The summed E-state index contributed by atoms with van der Waals surface area (Å²) < 4.78 is 19.4. The predicted molar refractivity (Wildman–Crippen MR) is 48.0 cm³/mol. The Kier molecular flexibility index (Phi) is 4.45. The molecule has 0 aromatic rings. The normalized spacial score (nSPS) is 14.4. The largest absolute Gasteiger partial charge is 0.632 e. The van der Waals surface area contributed by atoms with E-state index in [0.717, 1.165) is 0 Å². The van der Waals surface area contributed by atoms with Crippen molar-refractivity contribution in [2.24, 2.45) is 0 Å². The van der Waals surface area contributed by atoms with E-state index < -0.39 is 32.4 Å². The molecule has 8 nitrogen and oxygen atoms in total. The van der Waals surface area contributed by atoms with Crippen LogP contribution in [0.5, 0.6) is 0 Å². The van der Waals surface area contributed by atoms with Crippen molar-refractivity contribution >= 4 is 15.2 Å². The van der Waals surface area contributed by atoms with Crippen molar-refractivity contribution in [2.75, 3.05) is 19.1 Å².